The molecule has 0 spiro atoms. The van der Waals surface area contributed by atoms with Crippen molar-refractivity contribution in [1.82, 2.24) is 15.5 Å². The molecule has 2 N–H and O–H groups in total. The summed E-state index contributed by atoms with van der Waals surface area (Å²) in [4.78, 5) is 11.8. The number of amides is 1. The number of benzene rings is 1. The number of halogens is 1. The molecule has 0 aliphatic rings. The molecule has 0 bridgehead atoms. The minimum atomic E-state index is -0.241. The minimum absolute atomic E-state index is 0.238. The van der Waals surface area contributed by atoms with E-state index in [1.54, 1.807) is 25.1 Å². The Kier molecular flexibility index (Phi) is 3.94. The summed E-state index contributed by atoms with van der Waals surface area (Å²) in [7, 11) is 0. The molecule has 1 heterocycles. The number of hydrogen-bond donors (Lipinski definition) is 2. The lowest BCUT2D eigenvalue weighted by atomic mass is 10.1. The highest BCUT2D eigenvalue weighted by Crippen LogP contribution is 2.09. The van der Waals surface area contributed by atoms with Crippen LogP contribution in [0.1, 0.15) is 34.2 Å². The smallest absolute Gasteiger partial charge is 0.272 e. The first-order valence-electron chi connectivity index (χ1n) is 6.17. The average molecular weight is 261 g/mol. The molecule has 0 atom stereocenters. The van der Waals surface area contributed by atoms with Gasteiger partial charge >= 0.3 is 0 Å². The van der Waals surface area contributed by atoms with E-state index < -0.39 is 0 Å². The molecular weight excluding hydrogens is 245 g/mol. The predicted octanol–water partition coefficient (Wildman–Crippen LogP) is 2.35. The van der Waals surface area contributed by atoms with Crippen LogP contribution in [-0.2, 0) is 13.0 Å². The van der Waals surface area contributed by atoms with Gasteiger partial charge in [-0.3, -0.25) is 9.89 Å². The second-order valence-electron chi connectivity index (χ2n) is 4.40. The number of nitrogens with zero attached hydrogens (tertiary/aromatic N) is 1. The van der Waals surface area contributed by atoms with Crippen LogP contribution in [-0.4, -0.2) is 16.1 Å². The lowest BCUT2D eigenvalue weighted by molar-refractivity contribution is 0.0946. The lowest BCUT2D eigenvalue weighted by Gasteiger charge is -2.05. The number of aromatic amines is 1. The molecule has 0 unspecified atom stereocenters. The number of hydrogen-bond acceptors (Lipinski definition) is 2. The highest BCUT2D eigenvalue weighted by Gasteiger charge is 2.09. The van der Waals surface area contributed by atoms with Crippen molar-refractivity contribution >= 4 is 5.91 Å². The summed E-state index contributed by atoms with van der Waals surface area (Å²) >= 11 is 0. The maximum absolute atomic E-state index is 13.1. The molecule has 19 heavy (non-hydrogen) atoms. The highest BCUT2D eigenvalue weighted by atomic mass is 19.1. The molecule has 0 fully saturated rings. The number of nitrogens with one attached hydrogen (secondary N) is 2. The molecule has 5 heteroatoms. The van der Waals surface area contributed by atoms with E-state index >= 15 is 0 Å². The van der Waals surface area contributed by atoms with Gasteiger partial charge < -0.3 is 5.32 Å². The van der Waals surface area contributed by atoms with Crippen molar-refractivity contribution in [3.05, 3.63) is 52.6 Å². The van der Waals surface area contributed by atoms with Gasteiger partial charge in [-0.05, 0) is 36.6 Å². The maximum Gasteiger partial charge on any atom is 0.272 e. The van der Waals surface area contributed by atoms with Gasteiger partial charge in [0, 0.05) is 12.2 Å². The summed E-state index contributed by atoms with van der Waals surface area (Å²) in [5, 5.41) is 9.48. The Morgan fingerprint density at radius 3 is 2.84 bits per heavy atom. The van der Waals surface area contributed by atoms with E-state index in [0.717, 1.165) is 17.7 Å². The molecular formula is C14H16FN3O. The Balaban J connectivity index is 1.98. The standard InChI is InChI=1S/C14H16FN3O/c1-3-11-7-13(18-17-11)14(19)16-8-10-4-5-12(15)9(2)6-10/h4-7H,3,8H2,1-2H3,(H,16,19)(H,17,18). The zero-order valence-corrected chi connectivity index (χ0v) is 11.0. The van der Waals surface area contributed by atoms with Crippen LogP contribution in [0.2, 0.25) is 0 Å². The number of carbonyl (C=O) groups is 1. The summed E-state index contributed by atoms with van der Waals surface area (Å²) < 4.78 is 13.1. The van der Waals surface area contributed by atoms with Crippen LogP contribution in [0.4, 0.5) is 4.39 Å². The monoisotopic (exact) mass is 261 g/mol. The molecule has 4 nitrogen and oxygen atoms in total. The lowest BCUT2D eigenvalue weighted by Crippen LogP contribution is -2.23. The number of carbonyl (C=O) groups excluding carboxylic acids is 1. The molecule has 0 saturated carbocycles. The van der Waals surface area contributed by atoms with Gasteiger partial charge in [-0.25, -0.2) is 4.39 Å². The Morgan fingerprint density at radius 1 is 1.42 bits per heavy atom. The van der Waals surface area contributed by atoms with E-state index in [9.17, 15) is 9.18 Å². The number of aromatic nitrogens is 2. The van der Waals surface area contributed by atoms with Crippen molar-refractivity contribution < 1.29 is 9.18 Å². The van der Waals surface area contributed by atoms with Crippen molar-refractivity contribution in [1.29, 1.82) is 0 Å². The quantitative estimate of drug-likeness (QED) is 0.887. The van der Waals surface area contributed by atoms with Crippen LogP contribution in [0.15, 0.2) is 24.3 Å². The van der Waals surface area contributed by atoms with Crippen molar-refractivity contribution in [2.75, 3.05) is 0 Å². The molecule has 1 amide bonds. The minimum Gasteiger partial charge on any atom is -0.347 e. The van der Waals surface area contributed by atoms with Gasteiger partial charge in [-0.15, -0.1) is 0 Å². The average Bonchev–Trinajstić information content (AvgIpc) is 2.88. The molecule has 0 saturated heterocycles. The second-order valence-corrected chi connectivity index (χ2v) is 4.40. The number of rotatable bonds is 4. The van der Waals surface area contributed by atoms with E-state index in [4.69, 9.17) is 0 Å². The summed E-state index contributed by atoms with van der Waals surface area (Å²) in [5.41, 5.74) is 2.72. The Bertz CT molecular complexity index is 592. The largest absolute Gasteiger partial charge is 0.347 e. The first-order chi connectivity index (χ1) is 9.10. The molecule has 0 radical (unpaired) electrons. The summed E-state index contributed by atoms with van der Waals surface area (Å²) in [6.07, 6.45) is 0.803. The van der Waals surface area contributed by atoms with Crippen LogP contribution in [0, 0.1) is 12.7 Å². The molecule has 2 aromatic rings. The first-order valence-corrected chi connectivity index (χ1v) is 6.17. The Hall–Kier alpha value is -2.17. The molecule has 1 aromatic heterocycles. The second kappa shape index (κ2) is 5.65. The van der Waals surface area contributed by atoms with Crippen LogP contribution in [0.25, 0.3) is 0 Å². The Morgan fingerprint density at radius 2 is 2.21 bits per heavy atom. The van der Waals surface area contributed by atoms with E-state index in [1.165, 1.54) is 6.07 Å². The van der Waals surface area contributed by atoms with Crippen molar-refractivity contribution in [2.24, 2.45) is 0 Å². The van der Waals surface area contributed by atoms with Crippen LogP contribution in [0.3, 0.4) is 0 Å². The fourth-order valence-electron chi connectivity index (χ4n) is 1.75. The summed E-state index contributed by atoms with van der Waals surface area (Å²) in [6, 6.07) is 6.51. The predicted molar refractivity (Wildman–Crippen MR) is 70.3 cm³/mol. The maximum atomic E-state index is 13.1. The van der Waals surface area contributed by atoms with Gasteiger partial charge in [-0.2, -0.15) is 5.10 Å². The third-order valence-electron chi connectivity index (χ3n) is 2.92. The fraction of sp³-hybridized carbons (Fsp3) is 0.286. The van der Waals surface area contributed by atoms with E-state index in [2.05, 4.69) is 15.5 Å². The van der Waals surface area contributed by atoms with E-state index in [-0.39, 0.29) is 11.7 Å². The normalized spacial score (nSPS) is 10.5. The fourth-order valence-corrected chi connectivity index (χ4v) is 1.75. The summed E-state index contributed by atoms with van der Waals surface area (Å²) in [5.74, 6) is -0.479. The summed E-state index contributed by atoms with van der Waals surface area (Å²) in [6.45, 7) is 4.03. The Labute approximate surface area is 111 Å². The van der Waals surface area contributed by atoms with Gasteiger partial charge in [0.2, 0.25) is 0 Å². The third-order valence-corrected chi connectivity index (χ3v) is 2.92. The van der Waals surface area contributed by atoms with Crippen LogP contribution >= 0.6 is 0 Å². The van der Waals surface area contributed by atoms with Gasteiger partial charge in [0.05, 0.1) is 0 Å². The third kappa shape index (κ3) is 3.19. The van der Waals surface area contributed by atoms with Gasteiger partial charge in [0.25, 0.3) is 5.91 Å². The number of H-pyrrole nitrogens is 1. The zero-order chi connectivity index (χ0) is 13.8. The van der Waals surface area contributed by atoms with Crippen molar-refractivity contribution in [3.8, 4) is 0 Å². The molecule has 1 aromatic carbocycles. The molecule has 0 aliphatic heterocycles. The zero-order valence-electron chi connectivity index (χ0n) is 11.0. The van der Waals surface area contributed by atoms with Crippen LogP contribution in [0.5, 0.6) is 0 Å². The van der Waals surface area contributed by atoms with E-state index in [0.29, 0.717) is 17.8 Å². The van der Waals surface area contributed by atoms with Crippen LogP contribution < -0.4 is 5.32 Å². The number of aryl methyl sites for hydroxylation is 2. The first kappa shape index (κ1) is 13.3. The van der Waals surface area contributed by atoms with Gasteiger partial charge in [-0.1, -0.05) is 19.1 Å². The molecule has 0 aliphatic carbocycles. The van der Waals surface area contributed by atoms with Crippen molar-refractivity contribution in [3.63, 3.8) is 0 Å². The molecule has 2 rings (SSSR count). The molecule has 100 valence electrons. The van der Waals surface area contributed by atoms with E-state index in [1.807, 2.05) is 6.92 Å². The van der Waals surface area contributed by atoms with Gasteiger partial charge in [0.15, 0.2) is 0 Å². The highest BCUT2D eigenvalue weighted by molar-refractivity contribution is 5.92. The van der Waals surface area contributed by atoms with Crippen molar-refractivity contribution in [2.45, 2.75) is 26.8 Å². The van der Waals surface area contributed by atoms with Gasteiger partial charge in [0.1, 0.15) is 11.5 Å². The SMILES string of the molecule is CCc1cc(C(=O)NCc2ccc(F)c(C)c2)n[nH]1. The topological polar surface area (TPSA) is 57.8 Å².